The number of piperidine rings is 1. The van der Waals surface area contributed by atoms with E-state index in [2.05, 4.69) is 59.0 Å². The number of likely N-dealkylation sites (tertiary alicyclic amines) is 1. The Hall–Kier alpha value is -2.11. The summed E-state index contributed by atoms with van der Waals surface area (Å²) in [5, 5.41) is 6.87. The number of nitrogens with zero attached hydrogens (tertiary/aromatic N) is 1. The fraction of sp³-hybridized carbons (Fsp3) is 0.560. The van der Waals surface area contributed by atoms with Gasteiger partial charge in [0.2, 0.25) is 0 Å². The molecule has 2 rings (SSSR count). The second-order valence-corrected chi connectivity index (χ2v) is 7.80. The van der Waals surface area contributed by atoms with Crippen LogP contribution in [0.4, 0.5) is 0 Å². The Morgan fingerprint density at radius 2 is 2.07 bits per heavy atom. The van der Waals surface area contributed by atoms with E-state index in [1.165, 1.54) is 38.0 Å². The monoisotopic (exact) mass is 415 g/mol. The number of hydrogen-bond donors (Lipinski definition) is 2. The van der Waals surface area contributed by atoms with Gasteiger partial charge in [0.15, 0.2) is 0 Å². The van der Waals surface area contributed by atoms with Crippen LogP contribution in [0.5, 0.6) is 0 Å². The van der Waals surface area contributed by atoms with Crippen molar-refractivity contribution in [2.24, 2.45) is 5.92 Å². The number of nitrogens with one attached hydrogen (secondary N) is 2. The molecule has 2 N–H and O–H groups in total. The van der Waals surface area contributed by atoms with Crippen LogP contribution >= 0.6 is 0 Å². The van der Waals surface area contributed by atoms with Gasteiger partial charge in [-0.25, -0.2) is 0 Å². The van der Waals surface area contributed by atoms with Crippen LogP contribution in [0.1, 0.15) is 40.0 Å². The summed E-state index contributed by atoms with van der Waals surface area (Å²) in [4.78, 5) is 12.3. The highest BCUT2D eigenvalue weighted by Crippen LogP contribution is 2.24. The van der Waals surface area contributed by atoms with Gasteiger partial charge in [-0.2, -0.15) is 0 Å². The zero-order chi connectivity index (χ0) is 22.2. The van der Waals surface area contributed by atoms with Crippen molar-refractivity contribution in [2.75, 3.05) is 39.8 Å². The van der Waals surface area contributed by atoms with Crippen LogP contribution in [0.15, 0.2) is 59.9 Å². The molecule has 0 bridgehead atoms. The van der Waals surface area contributed by atoms with Crippen LogP contribution in [0, 0.1) is 5.92 Å². The molecule has 0 aromatic carbocycles. The summed E-state index contributed by atoms with van der Waals surface area (Å²) in [6, 6.07) is 0.693. The van der Waals surface area contributed by atoms with Gasteiger partial charge in [-0.15, -0.1) is 0 Å². The van der Waals surface area contributed by atoms with Crippen LogP contribution in [-0.2, 0) is 9.53 Å². The maximum atomic E-state index is 9.76. The predicted octanol–water partition coefficient (Wildman–Crippen LogP) is 3.98. The maximum Gasteiger partial charge on any atom is 0.293 e. The highest BCUT2D eigenvalue weighted by Gasteiger charge is 2.22. The number of rotatable bonds is 6. The molecule has 2 heterocycles. The zero-order valence-electron chi connectivity index (χ0n) is 19.3. The van der Waals surface area contributed by atoms with Gasteiger partial charge in [-0.1, -0.05) is 43.9 Å². The van der Waals surface area contributed by atoms with Crippen molar-refractivity contribution in [2.45, 2.75) is 46.1 Å². The highest BCUT2D eigenvalue weighted by atomic mass is 16.5. The molecule has 5 heteroatoms. The van der Waals surface area contributed by atoms with Crippen LogP contribution in [0.25, 0.3) is 0 Å². The van der Waals surface area contributed by atoms with Crippen LogP contribution in [-0.4, -0.2) is 57.2 Å². The minimum Gasteiger partial charge on any atom is -0.463 e. The van der Waals surface area contributed by atoms with E-state index in [0.717, 1.165) is 24.2 Å². The van der Waals surface area contributed by atoms with Crippen LogP contribution in [0.2, 0.25) is 0 Å². The minimum absolute atomic E-state index is 0.365. The number of carbonyl (C=O) groups excluding carboxylic acids is 1. The third-order valence-electron chi connectivity index (χ3n) is 5.55. The fourth-order valence-corrected chi connectivity index (χ4v) is 3.64. The smallest absolute Gasteiger partial charge is 0.293 e. The summed E-state index contributed by atoms with van der Waals surface area (Å²) < 4.78 is 4.54. The second-order valence-electron chi connectivity index (χ2n) is 7.80. The van der Waals surface area contributed by atoms with E-state index in [4.69, 9.17) is 0 Å². The Labute approximate surface area is 183 Å². The molecular weight excluding hydrogens is 374 g/mol. The molecule has 0 spiro atoms. The van der Waals surface area contributed by atoms with Crippen molar-refractivity contribution >= 4 is 6.47 Å². The van der Waals surface area contributed by atoms with Gasteiger partial charge in [-0.3, -0.25) is 4.79 Å². The first-order chi connectivity index (χ1) is 14.5. The molecule has 0 aromatic heterocycles. The Bertz CT molecular complexity index is 626. The van der Waals surface area contributed by atoms with Crippen LogP contribution < -0.4 is 10.6 Å². The minimum atomic E-state index is 0.365. The summed E-state index contributed by atoms with van der Waals surface area (Å²) in [7, 11) is 2.08. The Balaban J connectivity index is 0.000000382. The molecule has 1 unspecified atom stereocenters. The Morgan fingerprint density at radius 1 is 1.33 bits per heavy atom. The molecule has 1 saturated heterocycles. The van der Waals surface area contributed by atoms with Crippen molar-refractivity contribution in [3.63, 3.8) is 0 Å². The largest absolute Gasteiger partial charge is 0.463 e. The molecule has 2 aliphatic heterocycles. The zero-order valence-corrected chi connectivity index (χ0v) is 19.3. The molecule has 5 nitrogen and oxygen atoms in total. The topological polar surface area (TPSA) is 53.6 Å². The van der Waals surface area contributed by atoms with E-state index in [0.29, 0.717) is 25.0 Å². The highest BCUT2D eigenvalue weighted by molar-refractivity contribution is 5.38. The third kappa shape index (κ3) is 10.1. The van der Waals surface area contributed by atoms with Gasteiger partial charge in [0.25, 0.3) is 6.47 Å². The van der Waals surface area contributed by atoms with Crippen molar-refractivity contribution in [1.82, 2.24) is 15.5 Å². The molecule has 0 aliphatic carbocycles. The first-order valence-electron chi connectivity index (χ1n) is 11.1. The number of allylic oxidation sites excluding steroid dienone is 5. The quantitative estimate of drug-likeness (QED) is 0.508. The van der Waals surface area contributed by atoms with Crippen molar-refractivity contribution < 1.29 is 9.53 Å². The van der Waals surface area contributed by atoms with Gasteiger partial charge in [0.1, 0.15) is 6.61 Å². The van der Waals surface area contributed by atoms with Crippen molar-refractivity contribution in [3.05, 3.63) is 59.9 Å². The molecule has 30 heavy (non-hydrogen) atoms. The van der Waals surface area contributed by atoms with E-state index in [1.807, 2.05) is 32.1 Å². The summed E-state index contributed by atoms with van der Waals surface area (Å²) in [5.74, 6) is 0.615. The lowest BCUT2D eigenvalue weighted by Gasteiger charge is -2.37. The number of carbonyl (C=O) groups is 1. The lowest BCUT2D eigenvalue weighted by Crippen LogP contribution is -2.42. The number of ether oxygens (including phenoxy) is 1. The maximum absolute atomic E-state index is 9.76. The summed E-state index contributed by atoms with van der Waals surface area (Å²) in [5.41, 5.74) is 3.66. The van der Waals surface area contributed by atoms with Crippen molar-refractivity contribution in [1.29, 1.82) is 0 Å². The molecule has 2 aliphatic rings. The average Bonchev–Trinajstić information content (AvgIpc) is 2.77. The van der Waals surface area contributed by atoms with E-state index in [1.54, 1.807) is 0 Å². The lowest BCUT2D eigenvalue weighted by molar-refractivity contribution is -0.127. The van der Waals surface area contributed by atoms with Gasteiger partial charge < -0.3 is 20.3 Å². The van der Waals surface area contributed by atoms with Gasteiger partial charge in [0, 0.05) is 31.4 Å². The van der Waals surface area contributed by atoms with Crippen LogP contribution in [0.3, 0.4) is 0 Å². The molecule has 0 saturated carbocycles. The molecule has 1 atom stereocenters. The van der Waals surface area contributed by atoms with Gasteiger partial charge in [-0.05, 0) is 69.8 Å². The Kier molecular flexibility index (Phi) is 13.6. The SMILES string of the molecule is C/C=C\C(=C/C)COC=O.C=C1/C=C\C=C(\N2CCC(NC)CC2)C(C)CCNC1. The van der Waals surface area contributed by atoms with Gasteiger partial charge in [0.05, 0.1) is 0 Å². The Morgan fingerprint density at radius 3 is 2.67 bits per heavy atom. The summed E-state index contributed by atoms with van der Waals surface area (Å²) in [6.07, 6.45) is 16.0. The van der Waals surface area contributed by atoms with Crippen molar-refractivity contribution in [3.8, 4) is 0 Å². The molecule has 0 aromatic rings. The van der Waals surface area contributed by atoms with E-state index < -0.39 is 0 Å². The second kappa shape index (κ2) is 15.7. The normalized spacial score (nSPS) is 24.5. The third-order valence-corrected chi connectivity index (χ3v) is 5.55. The van der Waals surface area contributed by atoms with E-state index in [9.17, 15) is 4.79 Å². The summed E-state index contributed by atoms with van der Waals surface area (Å²) >= 11 is 0. The fourth-order valence-electron chi connectivity index (χ4n) is 3.64. The standard InChI is InChI=1S/C17H29N3.C8H12O2/c1-14-5-4-6-17(15(2)7-10-19-13-14)20-11-8-16(18-3)9-12-20;1-3-5-8(4-2)6-10-7-9/h4-6,15-16,18-19H,1,7-13H2,2-3H3;3-5,7H,6H2,1-2H3/b5-4-,17-6+;5-3-,8-4+. The lowest BCUT2D eigenvalue weighted by atomic mass is 9.97. The number of hydrogen-bond acceptors (Lipinski definition) is 5. The molecule has 168 valence electrons. The van der Waals surface area contributed by atoms with E-state index in [-0.39, 0.29) is 0 Å². The molecule has 0 radical (unpaired) electrons. The van der Waals surface area contributed by atoms with Gasteiger partial charge >= 0.3 is 0 Å². The first kappa shape index (κ1) is 25.9. The summed E-state index contributed by atoms with van der Waals surface area (Å²) in [6.45, 7) is 15.4. The first-order valence-corrected chi connectivity index (χ1v) is 11.1. The molecule has 0 amide bonds. The predicted molar refractivity (Wildman–Crippen MR) is 127 cm³/mol. The average molecular weight is 416 g/mol. The molecular formula is C25H41N3O2. The molecule has 1 fully saturated rings. The van der Waals surface area contributed by atoms with E-state index >= 15 is 0 Å².